The Kier molecular flexibility index (Phi) is 5.77. The lowest BCUT2D eigenvalue weighted by molar-refractivity contribution is 0.0602. The number of esters is 1. The second-order valence-electron chi connectivity index (χ2n) is 4.49. The van der Waals surface area contributed by atoms with Gasteiger partial charge in [-0.25, -0.2) is 9.59 Å². The first kappa shape index (κ1) is 16.6. The Morgan fingerprint density at radius 2 is 1.78 bits per heavy atom. The molecule has 0 saturated carbocycles. The average Bonchev–Trinajstić information content (AvgIpc) is 2.56. The van der Waals surface area contributed by atoms with Gasteiger partial charge in [0.15, 0.2) is 0 Å². The molecule has 0 heterocycles. The number of hydrogen-bond acceptors (Lipinski definition) is 3. The Morgan fingerprint density at radius 3 is 2.52 bits per heavy atom. The zero-order valence-corrected chi connectivity index (χ0v) is 13.1. The summed E-state index contributed by atoms with van der Waals surface area (Å²) in [5, 5.41) is 5.73. The predicted octanol–water partition coefficient (Wildman–Crippen LogP) is 3.92. The molecule has 0 aromatic heterocycles. The predicted molar refractivity (Wildman–Crippen MR) is 90.4 cm³/mol. The highest BCUT2D eigenvalue weighted by atomic mass is 35.5. The zero-order valence-electron chi connectivity index (χ0n) is 12.4. The number of carbonyl (C=O) groups excluding carboxylic acids is 2. The molecule has 5 nitrogen and oxygen atoms in total. The first-order valence-corrected chi connectivity index (χ1v) is 7.15. The Bertz CT molecular complexity index is 744. The lowest BCUT2D eigenvalue weighted by Crippen LogP contribution is -2.25. The van der Waals surface area contributed by atoms with E-state index in [1.54, 1.807) is 36.4 Å². The van der Waals surface area contributed by atoms with E-state index in [1.165, 1.54) is 13.3 Å². The van der Waals surface area contributed by atoms with Crippen molar-refractivity contribution in [2.75, 3.05) is 12.4 Å². The normalized spacial score (nSPS) is 10.3. The molecule has 2 amide bonds. The monoisotopic (exact) mass is 330 g/mol. The first-order chi connectivity index (χ1) is 11.1. The summed E-state index contributed by atoms with van der Waals surface area (Å²) in [7, 11) is 1.28. The number of benzene rings is 2. The van der Waals surface area contributed by atoms with E-state index in [4.69, 9.17) is 11.6 Å². The number of urea groups is 1. The molecular weight excluding hydrogens is 316 g/mol. The Balaban J connectivity index is 2.01. The van der Waals surface area contributed by atoms with Gasteiger partial charge in [0.2, 0.25) is 0 Å². The molecule has 0 aliphatic rings. The molecule has 0 fully saturated rings. The third-order valence-corrected chi connectivity index (χ3v) is 3.31. The molecule has 23 heavy (non-hydrogen) atoms. The molecule has 2 N–H and O–H groups in total. The third-order valence-electron chi connectivity index (χ3n) is 2.96. The second-order valence-corrected chi connectivity index (χ2v) is 4.90. The first-order valence-electron chi connectivity index (χ1n) is 6.77. The summed E-state index contributed by atoms with van der Waals surface area (Å²) in [6, 6.07) is 13.4. The lowest BCUT2D eigenvalue weighted by atomic mass is 10.2. The number of nitrogens with one attached hydrogen (secondary N) is 2. The van der Waals surface area contributed by atoms with Gasteiger partial charge < -0.3 is 15.4 Å². The summed E-state index contributed by atoms with van der Waals surface area (Å²) in [5.41, 5.74) is 1.42. The van der Waals surface area contributed by atoms with Crippen LogP contribution < -0.4 is 10.6 Å². The van der Waals surface area contributed by atoms with Crippen LogP contribution in [0, 0.1) is 0 Å². The van der Waals surface area contributed by atoms with Crippen molar-refractivity contribution in [2.45, 2.75) is 0 Å². The quantitative estimate of drug-likeness (QED) is 0.835. The molecule has 6 heteroatoms. The van der Waals surface area contributed by atoms with E-state index in [2.05, 4.69) is 15.4 Å². The van der Waals surface area contributed by atoms with Crippen LogP contribution in [0.1, 0.15) is 15.9 Å². The highest BCUT2D eigenvalue weighted by Crippen LogP contribution is 2.17. The van der Waals surface area contributed by atoms with Gasteiger partial charge >= 0.3 is 12.0 Å². The number of para-hydroxylation sites is 1. The fourth-order valence-corrected chi connectivity index (χ4v) is 2.05. The van der Waals surface area contributed by atoms with Crippen molar-refractivity contribution < 1.29 is 14.3 Å². The molecule has 2 aromatic rings. The smallest absolute Gasteiger partial charge is 0.339 e. The van der Waals surface area contributed by atoms with E-state index in [-0.39, 0.29) is 5.56 Å². The van der Waals surface area contributed by atoms with Crippen molar-refractivity contribution in [1.29, 1.82) is 0 Å². The van der Waals surface area contributed by atoms with Crippen molar-refractivity contribution in [3.8, 4) is 0 Å². The van der Waals surface area contributed by atoms with Gasteiger partial charge in [0.1, 0.15) is 0 Å². The maximum atomic E-state index is 11.9. The van der Waals surface area contributed by atoms with Crippen molar-refractivity contribution in [2.24, 2.45) is 0 Å². The molecule has 0 spiro atoms. The molecule has 0 aliphatic carbocycles. The molecule has 2 rings (SSSR count). The number of anilines is 1. The molecule has 0 bridgehead atoms. The summed E-state index contributed by atoms with van der Waals surface area (Å²) >= 11 is 6.01. The molecule has 0 atom stereocenters. The van der Waals surface area contributed by atoms with Crippen molar-refractivity contribution in [1.82, 2.24) is 5.32 Å². The molecule has 0 aliphatic heterocycles. The van der Waals surface area contributed by atoms with Gasteiger partial charge in [0, 0.05) is 11.2 Å². The van der Waals surface area contributed by atoms with Crippen LogP contribution in [0.3, 0.4) is 0 Å². The van der Waals surface area contributed by atoms with Gasteiger partial charge in [0.25, 0.3) is 0 Å². The number of rotatable bonds is 4. The molecule has 118 valence electrons. The van der Waals surface area contributed by atoms with Crippen LogP contribution in [0.25, 0.3) is 6.08 Å². The van der Waals surface area contributed by atoms with Crippen LogP contribution in [-0.2, 0) is 4.74 Å². The Hall–Kier alpha value is -2.79. The standard InChI is InChI=1S/C17H15ClN2O3/c1-23-16(21)13-7-3-5-9-15(13)20-17(22)19-11-10-12-6-2-4-8-14(12)18/h2-11H,1H3,(H2,19,20,22)/b11-10+. The summed E-state index contributed by atoms with van der Waals surface area (Å²) < 4.78 is 4.67. The van der Waals surface area contributed by atoms with Crippen molar-refractivity contribution >= 4 is 35.4 Å². The number of hydrogen-bond donors (Lipinski definition) is 2. The van der Waals surface area contributed by atoms with Gasteiger partial charge in [-0.05, 0) is 29.8 Å². The van der Waals surface area contributed by atoms with Gasteiger partial charge in [-0.3, -0.25) is 0 Å². The largest absolute Gasteiger partial charge is 0.465 e. The SMILES string of the molecule is COC(=O)c1ccccc1NC(=O)N/C=C/c1ccccc1Cl. The fraction of sp³-hybridized carbons (Fsp3) is 0.0588. The number of carbonyl (C=O) groups is 2. The molecule has 0 unspecified atom stereocenters. The Morgan fingerprint density at radius 1 is 1.09 bits per heavy atom. The average molecular weight is 331 g/mol. The minimum absolute atomic E-state index is 0.278. The minimum Gasteiger partial charge on any atom is -0.465 e. The van der Waals surface area contributed by atoms with Gasteiger partial charge in [-0.15, -0.1) is 0 Å². The van der Waals surface area contributed by atoms with Crippen LogP contribution in [0.5, 0.6) is 0 Å². The number of amides is 2. The molecule has 2 aromatic carbocycles. The van der Waals surface area contributed by atoms with Crippen molar-refractivity contribution in [3.05, 3.63) is 70.9 Å². The second kappa shape index (κ2) is 8.00. The topological polar surface area (TPSA) is 67.4 Å². The molecular formula is C17H15ClN2O3. The summed E-state index contributed by atoms with van der Waals surface area (Å²) in [6.45, 7) is 0. The van der Waals surface area contributed by atoms with E-state index in [0.717, 1.165) is 5.56 Å². The van der Waals surface area contributed by atoms with Crippen LogP contribution in [0.2, 0.25) is 5.02 Å². The Labute approximate surface area is 138 Å². The van der Waals surface area contributed by atoms with Crippen LogP contribution in [0.4, 0.5) is 10.5 Å². The van der Waals surface area contributed by atoms with E-state index in [0.29, 0.717) is 10.7 Å². The van der Waals surface area contributed by atoms with Gasteiger partial charge in [0.05, 0.1) is 18.4 Å². The van der Waals surface area contributed by atoms with Gasteiger partial charge in [-0.2, -0.15) is 0 Å². The highest BCUT2D eigenvalue weighted by molar-refractivity contribution is 6.32. The summed E-state index contributed by atoms with van der Waals surface area (Å²) in [4.78, 5) is 23.5. The van der Waals surface area contributed by atoms with E-state index in [1.807, 2.05) is 18.2 Å². The number of ether oxygens (including phenoxy) is 1. The van der Waals surface area contributed by atoms with E-state index in [9.17, 15) is 9.59 Å². The van der Waals surface area contributed by atoms with Crippen LogP contribution in [-0.4, -0.2) is 19.1 Å². The maximum Gasteiger partial charge on any atom is 0.339 e. The number of methoxy groups -OCH3 is 1. The van der Waals surface area contributed by atoms with Gasteiger partial charge in [-0.1, -0.05) is 41.9 Å². The molecule has 0 radical (unpaired) electrons. The van der Waals surface area contributed by atoms with E-state index < -0.39 is 12.0 Å². The fourth-order valence-electron chi connectivity index (χ4n) is 1.86. The minimum atomic E-state index is -0.521. The zero-order chi connectivity index (χ0) is 16.7. The summed E-state index contributed by atoms with van der Waals surface area (Å²) in [5.74, 6) is -0.521. The van der Waals surface area contributed by atoms with E-state index >= 15 is 0 Å². The number of halogens is 1. The highest BCUT2D eigenvalue weighted by Gasteiger charge is 2.12. The van der Waals surface area contributed by atoms with Crippen LogP contribution in [0.15, 0.2) is 54.7 Å². The van der Waals surface area contributed by atoms with Crippen molar-refractivity contribution in [3.63, 3.8) is 0 Å². The molecule has 0 saturated heterocycles. The lowest BCUT2D eigenvalue weighted by Gasteiger charge is -2.09. The van der Waals surface area contributed by atoms with Crippen LogP contribution >= 0.6 is 11.6 Å². The third kappa shape index (κ3) is 4.59. The summed E-state index contributed by atoms with van der Waals surface area (Å²) in [6.07, 6.45) is 3.14. The maximum absolute atomic E-state index is 11.9.